The summed E-state index contributed by atoms with van der Waals surface area (Å²) in [6, 6.07) is 7.24. The van der Waals surface area contributed by atoms with E-state index in [-0.39, 0.29) is 0 Å². The number of hydrogen-bond acceptors (Lipinski definition) is 6. The highest BCUT2D eigenvalue weighted by atomic mass is 16.6. The Balaban J connectivity index is 1.89. The predicted molar refractivity (Wildman–Crippen MR) is 101 cm³/mol. The molecule has 0 aliphatic rings. The van der Waals surface area contributed by atoms with Crippen LogP contribution in [0, 0.1) is 12.3 Å². The molecule has 6 heteroatoms. The van der Waals surface area contributed by atoms with Crippen molar-refractivity contribution in [3.63, 3.8) is 0 Å². The van der Waals surface area contributed by atoms with E-state index in [0.29, 0.717) is 65.0 Å². The smallest absolute Gasteiger partial charge is 0.150 e. The lowest BCUT2D eigenvalue weighted by Gasteiger charge is -2.10. The number of carbonyl (C=O) groups excluding carboxylic acids is 1. The van der Waals surface area contributed by atoms with Crippen molar-refractivity contribution in [3.8, 4) is 12.3 Å². The average molecular weight is 361 g/mol. The lowest BCUT2D eigenvalue weighted by molar-refractivity contribution is 0.00194. The van der Waals surface area contributed by atoms with Crippen molar-refractivity contribution in [3.05, 3.63) is 42.0 Å². The van der Waals surface area contributed by atoms with Gasteiger partial charge in [0.2, 0.25) is 0 Å². The summed E-state index contributed by atoms with van der Waals surface area (Å²) in [5, 5.41) is 3.18. The third kappa shape index (κ3) is 10.6. The van der Waals surface area contributed by atoms with Crippen molar-refractivity contribution in [1.82, 2.24) is 5.32 Å². The number of aldehydes is 1. The number of nitrogens with one attached hydrogen (secondary N) is 1. The Morgan fingerprint density at radius 1 is 0.962 bits per heavy atom. The van der Waals surface area contributed by atoms with E-state index in [1.54, 1.807) is 12.1 Å². The molecule has 0 heterocycles. The van der Waals surface area contributed by atoms with Gasteiger partial charge in [-0.25, -0.2) is 0 Å². The number of rotatable bonds is 16. The molecule has 0 saturated carbocycles. The molecule has 0 amide bonds. The predicted octanol–water partition coefficient (Wildman–Crippen LogP) is 1.76. The SMILES string of the molecule is C#CCOCCOCCOCCOCCNC(=C)c1ccc(C=O)cc1. The van der Waals surface area contributed by atoms with Gasteiger partial charge >= 0.3 is 0 Å². The number of terminal acetylenes is 1. The molecule has 0 atom stereocenters. The third-order valence-electron chi connectivity index (χ3n) is 3.28. The van der Waals surface area contributed by atoms with Gasteiger partial charge in [-0.1, -0.05) is 36.8 Å². The normalized spacial score (nSPS) is 10.3. The molecule has 0 unspecified atom stereocenters. The summed E-state index contributed by atoms with van der Waals surface area (Å²) in [5.41, 5.74) is 2.39. The van der Waals surface area contributed by atoms with E-state index in [9.17, 15) is 4.79 Å². The van der Waals surface area contributed by atoms with E-state index in [4.69, 9.17) is 25.4 Å². The Bertz CT molecular complexity index is 550. The Hall–Kier alpha value is -2.17. The van der Waals surface area contributed by atoms with Crippen molar-refractivity contribution in [2.75, 3.05) is 59.4 Å². The summed E-state index contributed by atoms with van der Waals surface area (Å²) < 4.78 is 21.2. The Morgan fingerprint density at radius 2 is 1.50 bits per heavy atom. The van der Waals surface area contributed by atoms with Gasteiger partial charge in [-0.15, -0.1) is 6.42 Å². The van der Waals surface area contributed by atoms with Crippen molar-refractivity contribution < 1.29 is 23.7 Å². The monoisotopic (exact) mass is 361 g/mol. The zero-order valence-corrected chi connectivity index (χ0v) is 15.1. The largest absolute Gasteiger partial charge is 0.383 e. The molecule has 0 bridgehead atoms. The fraction of sp³-hybridized carbons (Fsp3) is 0.450. The Kier molecular flexibility index (Phi) is 12.7. The van der Waals surface area contributed by atoms with Gasteiger partial charge in [0.1, 0.15) is 12.9 Å². The summed E-state index contributed by atoms with van der Waals surface area (Å²) in [5.74, 6) is 2.39. The molecule has 0 fully saturated rings. The van der Waals surface area contributed by atoms with Gasteiger partial charge in [0, 0.05) is 17.8 Å². The standard InChI is InChI=1S/C20H27NO5/c1-3-9-23-11-13-25-15-16-26-14-12-24-10-8-21-18(2)20-6-4-19(17-22)5-7-20/h1,4-7,17,21H,2,8-16H2. The first-order valence-corrected chi connectivity index (χ1v) is 8.50. The molecule has 0 spiro atoms. The van der Waals surface area contributed by atoms with Gasteiger partial charge in [-0.05, 0) is 5.56 Å². The van der Waals surface area contributed by atoms with E-state index in [2.05, 4.69) is 17.8 Å². The van der Waals surface area contributed by atoms with E-state index in [1.807, 2.05) is 12.1 Å². The van der Waals surface area contributed by atoms with Gasteiger partial charge in [-0.3, -0.25) is 4.79 Å². The number of ether oxygens (including phenoxy) is 4. The maximum absolute atomic E-state index is 10.6. The van der Waals surface area contributed by atoms with Crippen LogP contribution in [0.1, 0.15) is 15.9 Å². The maximum atomic E-state index is 10.6. The molecule has 0 saturated heterocycles. The van der Waals surface area contributed by atoms with Crippen LogP contribution in [0.5, 0.6) is 0 Å². The van der Waals surface area contributed by atoms with E-state index in [0.717, 1.165) is 17.5 Å². The summed E-state index contributed by atoms with van der Waals surface area (Å²) >= 11 is 0. The van der Waals surface area contributed by atoms with Crippen molar-refractivity contribution in [2.45, 2.75) is 0 Å². The molecule has 6 nitrogen and oxygen atoms in total. The molecule has 26 heavy (non-hydrogen) atoms. The van der Waals surface area contributed by atoms with Crippen LogP contribution in [-0.4, -0.2) is 65.7 Å². The van der Waals surface area contributed by atoms with Gasteiger partial charge in [0.05, 0.1) is 46.2 Å². The minimum atomic E-state index is 0.311. The van der Waals surface area contributed by atoms with Crippen LogP contribution in [0.3, 0.4) is 0 Å². The van der Waals surface area contributed by atoms with Crippen molar-refractivity contribution in [1.29, 1.82) is 0 Å². The molecule has 1 rings (SSSR count). The minimum Gasteiger partial charge on any atom is -0.383 e. The van der Waals surface area contributed by atoms with Gasteiger partial charge in [-0.2, -0.15) is 0 Å². The highest BCUT2D eigenvalue weighted by Crippen LogP contribution is 2.09. The molecular weight excluding hydrogens is 334 g/mol. The third-order valence-corrected chi connectivity index (χ3v) is 3.28. The zero-order valence-electron chi connectivity index (χ0n) is 15.1. The van der Waals surface area contributed by atoms with Crippen LogP contribution in [0.2, 0.25) is 0 Å². The van der Waals surface area contributed by atoms with E-state index < -0.39 is 0 Å². The lowest BCUT2D eigenvalue weighted by Crippen LogP contribution is -2.19. The van der Waals surface area contributed by atoms with Crippen molar-refractivity contribution in [2.24, 2.45) is 0 Å². The molecule has 1 N–H and O–H groups in total. The molecule has 0 aromatic heterocycles. The Labute approximate surface area is 155 Å². The first-order chi connectivity index (χ1) is 12.8. The second-order valence-corrected chi connectivity index (χ2v) is 5.24. The molecule has 0 radical (unpaired) electrons. The molecule has 1 aromatic rings. The number of hydrogen-bond donors (Lipinski definition) is 1. The van der Waals surface area contributed by atoms with Gasteiger partial charge in [0.25, 0.3) is 0 Å². The summed E-state index contributed by atoms with van der Waals surface area (Å²) in [7, 11) is 0. The fourth-order valence-electron chi connectivity index (χ4n) is 1.93. The molecule has 1 aromatic carbocycles. The number of carbonyl (C=O) groups is 1. The minimum absolute atomic E-state index is 0.311. The van der Waals surface area contributed by atoms with Crippen LogP contribution < -0.4 is 5.32 Å². The molecule has 0 aliphatic heterocycles. The van der Waals surface area contributed by atoms with Crippen LogP contribution in [0.25, 0.3) is 5.70 Å². The molecular formula is C20H27NO5. The second-order valence-electron chi connectivity index (χ2n) is 5.24. The van der Waals surface area contributed by atoms with E-state index in [1.165, 1.54) is 0 Å². The highest BCUT2D eigenvalue weighted by Gasteiger charge is 1.99. The summed E-state index contributed by atoms with van der Waals surface area (Å²) in [6.45, 7) is 8.56. The van der Waals surface area contributed by atoms with Gasteiger partial charge < -0.3 is 24.3 Å². The molecule has 0 aliphatic carbocycles. The van der Waals surface area contributed by atoms with Crippen LogP contribution >= 0.6 is 0 Å². The summed E-state index contributed by atoms with van der Waals surface area (Å²) in [4.78, 5) is 10.6. The fourth-order valence-corrected chi connectivity index (χ4v) is 1.93. The van der Waals surface area contributed by atoms with Gasteiger partial charge in [0.15, 0.2) is 0 Å². The first kappa shape index (κ1) is 21.9. The highest BCUT2D eigenvalue weighted by molar-refractivity contribution is 5.76. The quantitative estimate of drug-likeness (QED) is 0.275. The lowest BCUT2D eigenvalue weighted by atomic mass is 10.1. The first-order valence-electron chi connectivity index (χ1n) is 8.50. The Morgan fingerprint density at radius 3 is 2.04 bits per heavy atom. The summed E-state index contributed by atoms with van der Waals surface area (Å²) in [6.07, 6.45) is 5.87. The maximum Gasteiger partial charge on any atom is 0.150 e. The van der Waals surface area contributed by atoms with Crippen LogP contribution in [-0.2, 0) is 18.9 Å². The van der Waals surface area contributed by atoms with Crippen LogP contribution in [0.4, 0.5) is 0 Å². The van der Waals surface area contributed by atoms with Crippen molar-refractivity contribution >= 4 is 12.0 Å². The topological polar surface area (TPSA) is 66.0 Å². The average Bonchev–Trinajstić information content (AvgIpc) is 2.68. The zero-order chi connectivity index (χ0) is 18.9. The number of benzene rings is 1. The van der Waals surface area contributed by atoms with E-state index >= 15 is 0 Å². The van der Waals surface area contributed by atoms with Crippen LogP contribution in [0.15, 0.2) is 30.8 Å². The molecule has 142 valence electrons. The second kappa shape index (κ2) is 15.1.